The van der Waals surface area contributed by atoms with E-state index >= 15 is 0 Å². The van der Waals surface area contributed by atoms with Crippen LogP contribution in [0.15, 0.2) is 59.6 Å². The van der Waals surface area contributed by atoms with Crippen LogP contribution in [0.1, 0.15) is 31.4 Å². The van der Waals surface area contributed by atoms with Crippen molar-refractivity contribution in [2.75, 3.05) is 0 Å². The molecule has 0 aliphatic heterocycles. The molecular formula is C20H20N2O3S. The Morgan fingerprint density at radius 2 is 1.81 bits per heavy atom. The average Bonchev–Trinajstić information content (AvgIpc) is 2.99. The molecular weight excluding hydrogens is 348 g/mol. The summed E-state index contributed by atoms with van der Waals surface area (Å²) < 4.78 is 2.59. The number of rotatable bonds is 6. The molecule has 1 amide bonds. The quantitative estimate of drug-likeness (QED) is 0.719. The minimum Gasteiger partial charge on any atom is -0.480 e. The Morgan fingerprint density at radius 3 is 2.50 bits per heavy atom. The molecule has 0 fully saturated rings. The number of aromatic nitrogens is 1. The monoisotopic (exact) mass is 368 g/mol. The Balaban J connectivity index is 1.96. The lowest BCUT2D eigenvalue weighted by molar-refractivity contribution is -0.141. The van der Waals surface area contributed by atoms with Gasteiger partial charge in [-0.15, -0.1) is 0 Å². The van der Waals surface area contributed by atoms with Crippen molar-refractivity contribution in [1.82, 2.24) is 4.57 Å². The first-order valence-electron chi connectivity index (χ1n) is 8.54. The first-order chi connectivity index (χ1) is 12.6. The summed E-state index contributed by atoms with van der Waals surface area (Å²) in [6.45, 7) is 1.82. The van der Waals surface area contributed by atoms with Crippen LogP contribution in [0, 0.1) is 0 Å². The molecule has 0 saturated carbocycles. The first kappa shape index (κ1) is 18.1. The van der Waals surface area contributed by atoms with Gasteiger partial charge in [0.05, 0.1) is 10.2 Å². The molecule has 26 heavy (non-hydrogen) atoms. The van der Waals surface area contributed by atoms with Gasteiger partial charge >= 0.3 is 5.97 Å². The van der Waals surface area contributed by atoms with E-state index in [9.17, 15) is 14.7 Å². The molecule has 5 nitrogen and oxygen atoms in total. The predicted molar refractivity (Wildman–Crippen MR) is 102 cm³/mol. The summed E-state index contributed by atoms with van der Waals surface area (Å²) in [6.07, 6.45) is 1.33. The number of carboxylic acid groups (broad SMARTS) is 1. The highest BCUT2D eigenvalue weighted by atomic mass is 32.1. The highest BCUT2D eigenvalue weighted by molar-refractivity contribution is 7.16. The van der Waals surface area contributed by atoms with Crippen LogP contribution in [0.5, 0.6) is 0 Å². The maximum absolute atomic E-state index is 12.4. The number of amides is 1. The van der Waals surface area contributed by atoms with Crippen LogP contribution in [0.4, 0.5) is 0 Å². The maximum atomic E-state index is 12.4. The fraction of sp³-hybridized carbons (Fsp3) is 0.250. The van der Waals surface area contributed by atoms with E-state index in [4.69, 9.17) is 0 Å². The summed E-state index contributed by atoms with van der Waals surface area (Å²) in [5, 5.41) is 9.57. The third kappa shape index (κ3) is 3.91. The Bertz CT molecular complexity index is 989. The van der Waals surface area contributed by atoms with Crippen molar-refractivity contribution in [3.8, 4) is 0 Å². The van der Waals surface area contributed by atoms with Crippen LogP contribution in [-0.4, -0.2) is 21.6 Å². The number of carboxylic acids is 1. The van der Waals surface area contributed by atoms with Gasteiger partial charge in [0.1, 0.15) is 6.04 Å². The van der Waals surface area contributed by atoms with E-state index in [1.165, 1.54) is 11.3 Å². The van der Waals surface area contributed by atoms with Crippen molar-refractivity contribution < 1.29 is 14.7 Å². The topological polar surface area (TPSA) is 71.7 Å². The average molecular weight is 368 g/mol. The van der Waals surface area contributed by atoms with E-state index in [0.717, 1.165) is 15.8 Å². The minimum atomic E-state index is -0.922. The summed E-state index contributed by atoms with van der Waals surface area (Å²) >= 11 is 1.35. The van der Waals surface area contributed by atoms with E-state index < -0.39 is 12.0 Å². The molecule has 3 rings (SSSR count). The van der Waals surface area contributed by atoms with Crippen molar-refractivity contribution in [1.29, 1.82) is 0 Å². The van der Waals surface area contributed by atoms with E-state index in [0.29, 0.717) is 24.1 Å². The largest absolute Gasteiger partial charge is 0.480 e. The molecule has 0 saturated heterocycles. The van der Waals surface area contributed by atoms with Crippen molar-refractivity contribution in [2.45, 2.75) is 32.2 Å². The summed E-state index contributed by atoms with van der Waals surface area (Å²) in [7, 11) is 0. The van der Waals surface area contributed by atoms with Gasteiger partial charge in [-0.05, 0) is 30.5 Å². The number of para-hydroxylation sites is 1. The van der Waals surface area contributed by atoms with E-state index in [1.807, 2.05) is 61.5 Å². The molecule has 0 aliphatic rings. The summed E-state index contributed by atoms with van der Waals surface area (Å²) in [5.41, 5.74) is 1.87. The smallest absolute Gasteiger partial charge is 0.326 e. The Kier molecular flexibility index (Phi) is 5.63. The normalized spacial score (nSPS) is 13.0. The number of aryl methyl sites for hydroxylation is 1. The SMILES string of the molecule is CCC(C(=O)O)n1/c(=N/C(=O)CCc2ccccc2)sc2ccccc21. The number of benzene rings is 2. The van der Waals surface area contributed by atoms with E-state index in [-0.39, 0.29) is 5.91 Å². The van der Waals surface area contributed by atoms with Crippen molar-refractivity contribution in [3.63, 3.8) is 0 Å². The molecule has 2 aromatic carbocycles. The Hall–Kier alpha value is -2.73. The predicted octanol–water partition coefficient (Wildman–Crippen LogP) is 3.80. The maximum Gasteiger partial charge on any atom is 0.326 e. The van der Waals surface area contributed by atoms with Gasteiger partial charge in [0.2, 0.25) is 5.91 Å². The number of nitrogens with zero attached hydrogens (tertiary/aromatic N) is 2. The zero-order valence-corrected chi connectivity index (χ0v) is 15.3. The highest BCUT2D eigenvalue weighted by Gasteiger charge is 2.21. The van der Waals surface area contributed by atoms with Crippen LogP contribution in [-0.2, 0) is 16.0 Å². The molecule has 0 spiro atoms. The number of hydrogen-bond acceptors (Lipinski definition) is 3. The number of fused-ring (bicyclic) bond motifs is 1. The zero-order chi connectivity index (χ0) is 18.5. The second-order valence-corrected chi connectivity index (χ2v) is 6.98. The van der Waals surface area contributed by atoms with Gasteiger partial charge in [0.15, 0.2) is 4.80 Å². The Morgan fingerprint density at radius 1 is 1.12 bits per heavy atom. The second-order valence-electron chi connectivity index (χ2n) is 5.98. The molecule has 1 atom stereocenters. The second kappa shape index (κ2) is 8.10. The van der Waals surface area contributed by atoms with Crippen LogP contribution < -0.4 is 4.80 Å². The molecule has 0 radical (unpaired) electrons. The number of carbonyl (C=O) groups is 2. The van der Waals surface area contributed by atoms with Gasteiger partial charge in [-0.25, -0.2) is 4.79 Å². The lowest BCUT2D eigenvalue weighted by Gasteiger charge is -2.13. The number of carbonyl (C=O) groups excluding carboxylic acids is 1. The first-order valence-corrected chi connectivity index (χ1v) is 9.36. The van der Waals surface area contributed by atoms with Gasteiger partial charge in [-0.3, -0.25) is 4.79 Å². The van der Waals surface area contributed by atoms with Crippen LogP contribution >= 0.6 is 11.3 Å². The lowest BCUT2D eigenvalue weighted by Crippen LogP contribution is -2.27. The van der Waals surface area contributed by atoms with E-state index in [1.54, 1.807) is 4.57 Å². The number of aliphatic carboxylic acids is 1. The van der Waals surface area contributed by atoms with Crippen molar-refractivity contribution in [3.05, 3.63) is 65.0 Å². The lowest BCUT2D eigenvalue weighted by atomic mass is 10.1. The summed E-state index contributed by atoms with van der Waals surface area (Å²) in [6, 6.07) is 16.6. The molecule has 3 aromatic rings. The standard InChI is InChI=1S/C20H20N2O3S/c1-2-15(19(24)25)22-16-10-6-7-11-17(16)26-20(22)21-18(23)13-12-14-8-4-3-5-9-14/h3-11,15H,2,12-13H2,1H3,(H,24,25)/b21-20-. The van der Waals surface area contributed by atoms with Gasteiger partial charge in [0.25, 0.3) is 0 Å². The van der Waals surface area contributed by atoms with Crippen LogP contribution in [0.2, 0.25) is 0 Å². The molecule has 1 aromatic heterocycles. The molecule has 0 aliphatic carbocycles. The van der Waals surface area contributed by atoms with Gasteiger partial charge in [0, 0.05) is 6.42 Å². The third-order valence-corrected chi connectivity index (χ3v) is 5.24. The summed E-state index contributed by atoms with van der Waals surface area (Å²) in [5.74, 6) is -1.16. The van der Waals surface area contributed by atoms with E-state index in [2.05, 4.69) is 4.99 Å². The molecule has 1 N–H and O–H groups in total. The van der Waals surface area contributed by atoms with Crippen LogP contribution in [0.25, 0.3) is 10.2 Å². The number of hydrogen-bond donors (Lipinski definition) is 1. The third-order valence-electron chi connectivity index (χ3n) is 4.21. The molecule has 134 valence electrons. The number of thiazole rings is 1. The van der Waals surface area contributed by atoms with Crippen molar-refractivity contribution >= 4 is 33.4 Å². The fourth-order valence-electron chi connectivity index (χ4n) is 2.90. The van der Waals surface area contributed by atoms with Crippen LogP contribution in [0.3, 0.4) is 0 Å². The molecule has 1 heterocycles. The Labute approximate surface area is 155 Å². The fourth-order valence-corrected chi connectivity index (χ4v) is 3.98. The van der Waals surface area contributed by atoms with Crippen molar-refractivity contribution in [2.24, 2.45) is 4.99 Å². The minimum absolute atomic E-state index is 0.241. The molecule has 6 heteroatoms. The molecule has 1 unspecified atom stereocenters. The van der Waals surface area contributed by atoms with Gasteiger partial charge in [-0.2, -0.15) is 4.99 Å². The highest BCUT2D eigenvalue weighted by Crippen LogP contribution is 2.22. The van der Waals surface area contributed by atoms with Gasteiger partial charge in [-0.1, -0.05) is 60.7 Å². The zero-order valence-electron chi connectivity index (χ0n) is 14.5. The summed E-state index contributed by atoms with van der Waals surface area (Å²) in [4.78, 5) is 28.7. The van der Waals surface area contributed by atoms with Gasteiger partial charge < -0.3 is 9.67 Å². The molecule has 0 bridgehead atoms.